The molecule has 0 saturated carbocycles. The maximum Gasteiger partial charge on any atom is 0.235 e. The molecule has 0 bridgehead atoms. The van der Waals surface area contributed by atoms with Gasteiger partial charge in [0.2, 0.25) is 5.95 Å². The van der Waals surface area contributed by atoms with E-state index in [1.165, 1.54) is 33.0 Å². The lowest BCUT2D eigenvalue weighted by Crippen LogP contribution is -2.03. The first-order valence-corrected chi connectivity index (χ1v) is 18.9. The number of hydrogen-bond acceptors (Lipinski definition) is 4. The summed E-state index contributed by atoms with van der Waals surface area (Å²) < 4.78 is 3.37. The number of aromatic nitrogens is 4. The highest BCUT2D eigenvalue weighted by atomic mass is 32.1. The van der Waals surface area contributed by atoms with E-state index in [0.717, 1.165) is 64.8 Å². The summed E-state index contributed by atoms with van der Waals surface area (Å²) in [5.74, 6) is 0.636. The Morgan fingerprint density at radius 2 is 1.09 bits per heavy atom. The van der Waals surface area contributed by atoms with E-state index in [0.29, 0.717) is 5.95 Å². The van der Waals surface area contributed by atoms with E-state index in [2.05, 4.69) is 180 Å². The molecule has 0 atom stereocenters. The van der Waals surface area contributed by atoms with Gasteiger partial charge in [-0.15, -0.1) is 11.3 Å². The van der Waals surface area contributed by atoms with Gasteiger partial charge in [-0.2, -0.15) is 0 Å². The molecule has 252 valence electrons. The molecule has 0 radical (unpaired) electrons. The molecule has 0 aliphatic heterocycles. The fraction of sp³-hybridized carbons (Fsp3) is 0. The minimum atomic E-state index is 0.636. The normalized spacial score (nSPS) is 11.7. The Balaban J connectivity index is 1.15. The molecule has 0 unspecified atom stereocenters. The lowest BCUT2D eigenvalue weighted by atomic mass is 9.96. The van der Waals surface area contributed by atoms with E-state index in [9.17, 15) is 0 Å². The van der Waals surface area contributed by atoms with Gasteiger partial charge in [0.15, 0.2) is 0 Å². The third kappa shape index (κ3) is 4.94. The average molecular weight is 707 g/mol. The van der Waals surface area contributed by atoms with Crippen molar-refractivity contribution in [1.82, 2.24) is 19.5 Å². The maximum atomic E-state index is 5.45. The standard InChI is InChI=1S/C49H30N4S/c1-3-12-31(13-4-1)36-26-29-44-41(30-36)39-27-28-43-47(54-48(50-43)35-15-5-2-6-16-35)46(39)53(44)49-51-42-21-10-9-19-40(42)45(52-49)34-24-22-33(23-25-34)38-20-11-17-32-14-7-8-18-37(32)38/h1-30H. The fourth-order valence-corrected chi connectivity index (χ4v) is 8.98. The highest BCUT2D eigenvalue weighted by Crippen LogP contribution is 2.42. The molecule has 0 spiro atoms. The largest absolute Gasteiger partial charge is 0.276 e. The molecule has 0 aliphatic rings. The molecule has 11 aromatic rings. The maximum absolute atomic E-state index is 5.45. The zero-order chi connectivity index (χ0) is 35.6. The van der Waals surface area contributed by atoms with Gasteiger partial charge in [0.05, 0.1) is 32.5 Å². The van der Waals surface area contributed by atoms with Crippen molar-refractivity contribution in [3.05, 3.63) is 182 Å². The van der Waals surface area contributed by atoms with Gasteiger partial charge in [-0.1, -0.05) is 152 Å². The Kier molecular flexibility index (Phi) is 7.00. The van der Waals surface area contributed by atoms with Crippen molar-refractivity contribution >= 4 is 65.0 Å². The second kappa shape index (κ2) is 12.3. The quantitative estimate of drug-likeness (QED) is 0.179. The third-order valence-corrected chi connectivity index (χ3v) is 11.6. The smallest absolute Gasteiger partial charge is 0.235 e. The van der Waals surface area contributed by atoms with Crippen molar-refractivity contribution in [1.29, 1.82) is 0 Å². The molecule has 0 saturated heterocycles. The molecular formula is C49H30N4S. The molecule has 3 aromatic heterocycles. The van der Waals surface area contributed by atoms with Crippen molar-refractivity contribution in [2.75, 3.05) is 0 Å². The van der Waals surface area contributed by atoms with Gasteiger partial charge >= 0.3 is 0 Å². The highest BCUT2D eigenvalue weighted by Gasteiger charge is 2.22. The zero-order valence-corrected chi connectivity index (χ0v) is 29.8. The van der Waals surface area contributed by atoms with Crippen LogP contribution in [-0.2, 0) is 0 Å². The van der Waals surface area contributed by atoms with Crippen molar-refractivity contribution in [2.24, 2.45) is 0 Å². The van der Waals surface area contributed by atoms with Gasteiger partial charge in [0, 0.05) is 27.3 Å². The van der Waals surface area contributed by atoms with Crippen LogP contribution in [0.2, 0.25) is 0 Å². The van der Waals surface area contributed by atoms with Gasteiger partial charge in [-0.25, -0.2) is 15.0 Å². The van der Waals surface area contributed by atoms with E-state index in [-0.39, 0.29) is 0 Å². The van der Waals surface area contributed by atoms with Gasteiger partial charge < -0.3 is 0 Å². The molecule has 0 N–H and O–H groups in total. The highest BCUT2D eigenvalue weighted by molar-refractivity contribution is 7.22. The van der Waals surface area contributed by atoms with Crippen LogP contribution < -0.4 is 0 Å². The predicted molar refractivity (Wildman–Crippen MR) is 226 cm³/mol. The van der Waals surface area contributed by atoms with E-state index in [1.54, 1.807) is 11.3 Å². The summed E-state index contributed by atoms with van der Waals surface area (Å²) in [5, 5.41) is 6.79. The Hall–Kier alpha value is -6.95. The molecule has 3 heterocycles. The Bertz CT molecular complexity index is 3160. The number of rotatable bonds is 5. The van der Waals surface area contributed by atoms with Crippen LogP contribution in [0, 0.1) is 0 Å². The van der Waals surface area contributed by atoms with E-state index >= 15 is 0 Å². The lowest BCUT2D eigenvalue weighted by Gasteiger charge is -2.13. The molecule has 0 aliphatic carbocycles. The minimum Gasteiger partial charge on any atom is -0.276 e. The second-order valence-corrected chi connectivity index (χ2v) is 14.6. The third-order valence-electron chi connectivity index (χ3n) is 10.5. The predicted octanol–water partition coefficient (Wildman–Crippen LogP) is 13.2. The van der Waals surface area contributed by atoms with Crippen LogP contribution in [0.15, 0.2) is 182 Å². The first kappa shape index (κ1) is 30.7. The summed E-state index contributed by atoms with van der Waals surface area (Å²) in [7, 11) is 0. The van der Waals surface area contributed by atoms with E-state index < -0.39 is 0 Å². The van der Waals surface area contributed by atoms with E-state index in [4.69, 9.17) is 15.0 Å². The number of fused-ring (bicyclic) bond motifs is 7. The average Bonchev–Trinajstić information content (AvgIpc) is 3.83. The minimum absolute atomic E-state index is 0.636. The molecule has 8 aromatic carbocycles. The van der Waals surface area contributed by atoms with Crippen LogP contribution in [0.4, 0.5) is 0 Å². The molecule has 0 fully saturated rings. The summed E-state index contributed by atoms with van der Waals surface area (Å²) in [4.78, 5) is 15.9. The molecule has 4 nitrogen and oxygen atoms in total. The summed E-state index contributed by atoms with van der Waals surface area (Å²) in [5.41, 5.74) is 11.8. The van der Waals surface area contributed by atoms with Crippen LogP contribution in [0.3, 0.4) is 0 Å². The van der Waals surface area contributed by atoms with Crippen LogP contribution in [-0.4, -0.2) is 19.5 Å². The van der Waals surface area contributed by atoms with Crippen LogP contribution >= 0.6 is 11.3 Å². The van der Waals surface area contributed by atoms with Gasteiger partial charge in [0.25, 0.3) is 0 Å². The molecule has 11 rings (SSSR count). The molecule has 5 heteroatoms. The fourth-order valence-electron chi connectivity index (χ4n) is 7.88. The topological polar surface area (TPSA) is 43.6 Å². The van der Waals surface area contributed by atoms with E-state index in [1.807, 2.05) is 6.07 Å². The van der Waals surface area contributed by atoms with Gasteiger partial charge in [-0.05, 0) is 63.4 Å². The van der Waals surface area contributed by atoms with Crippen LogP contribution in [0.25, 0.3) is 104 Å². The molecule has 54 heavy (non-hydrogen) atoms. The molecular weight excluding hydrogens is 677 g/mol. The summed E-state index contributed by atoms with van der Waals surface area (Å²) in [6.45, 7) is 0. The zero-order valence-electron chi connectivity index (χ0n) is 29.0. The molecule has 0 amide bonds. The van der Waals surface area contributed by atoms with Crippen molar-refractivity contribution < 1.29 is 0 Å². The summed E-state index contributed by atoms with van der Waals surface area (Å²) >= 11 is 1.72. The Labute approximate surface area is 315 Å². The van der Waals surface area contributed by atoms with Crippen LogP contribution in [0.1, 0.15) is 0 Å². The Morgan fingerprint density at radius 3 is 1.93 bits per heavy atom. The van der Waals surface area contributed by atoms with Crippen LogP contribution in [0.5, 0.6) is 0 Å². The number of benzene rings is 8. The summed E-state index contributed by atoms with van der Waals surface area (Å²) in [6, 6.07) is 64.3. The summed E-state index contributed by atoms with van der Waals surface area (Å²) in [6.07, 6.45) is 0. The van der Waals surface area contributed by atoms with Crippen molar-refractivity contribution in [2.45, 2.75) is 0 Å². The number of nitrogens with zero attached hydrogens (tertiary/aromatic N) is 4. The first-order chi connectivity index (χ1) is 26.8. The first-order valence-electron chi connectivity index (χ1n) is 18.1. The van der Waals surface area contributed by atoms with Gasteiger partial charge in [0.1, 0.15) is 5.01 Å². The Morgan fingerprint density at radius 1 is 0.407 bits per heavy atom. The van der Waals surface area contributed by atoms with Crippen molar-refractivity contribution in [3.63, 3.8) is 0 Å². The number of hydrogen-bond donors (Lipinski definition) is 0. The van der Waals surface area contributed by atoms with Gasteiger partial charge in [-0.3, -0.25) is 4.57 Å². The number of para-hydroxylation sites is 1. The second-order valence-electron chi connectivity index (χ2n) is 13.6. The number of thiazole rings is 1. The van der Waals surface area contributed by atoms with Crippen molar-refractivity contribution in [3.8, 4) is 50.0 Å². The SMILES string of the molecule is c1ccc(-c2ccc3c(c2)c2ccc4nc(-c5ccccc5)sc4c2n3-c2nc(-c3ccc(-c4cccc5ccccc45)cc3)c3ccccc3n2)cc1. The monoisotopic (exact) mass is 706 g/mol. The lowest BCUT2D eigenvalue weighted by molar-refractivity contribution is 1.02.